The van der Waals surface area contributed by atoms with Crippen LogP contribution in [0.3, 0.4) is 0 Å². The summed E-state index contributed by atoms with van der Waals surface area (Å²) < 4.78 is 32.6. The Balaban J connectivity index is 4.26. The molecular weight excluding hydrogens is 767 g/mol. The minimum absolute atomic E-state index is 0.0829. The second-order valence-electron chi connectivity index (χ2n) is 14.4. The van der Waals surface area contributed by atoms with Gasteiger partial charge in [0.1, 0.15) is 12.7 Å². The molecule has 59 heavy (non-hydrogen) atoms. The molecule has 0 aromatic heterocycles. The van der Waals surface area contributed by atoms with E-state index in [0.29, 0.717) is 19.3 Å². The number of unbranched alkanes of at least 4 members (excludes halogenated alkanes) is 14. The summed E-state index contributed by atoms with van der Waals surface area (Å²) in [6.07, 6.45) is 52.5. The summed E-state index contributed by atoms with van der Waals surface area (Å²) in [6, 6.07) is 0. The normalized spacial score (nSPS) is 14.7. The highest BCUT2D eigenvalue weighted by atomic mass is 31.2. The standard InChI is InChI=1S/C48H79O10P/c1-3-5-7-9-11-13-15-17-18-19-20-21-22-23-24-25-26-28-29-31-33-35-37-39-47(51)55-43-46(44-57-59(53,54)56-42-45(50)41-49)58-48(52)40-38-36-34-32-30-27-16-14-12-10-8-6-4-2/h5-8,10-14,16-18,27,30,32,34,45-46,49-50H,3-4,9,15,19-26,28-29,31,33,35-44H2,1-2H3,(H,53,54)/b7-5+,8-6+,12-10+,13-11+,16-14+,18-17+,30-27+,34-32+/t45-,46?/m1/s1. The first-order chi connectivity index (χ1) is 28.7. The van der Waals surface area contributed by atoms with Crippen molar-refractivity contribution in [1.29, 1.82) is 0 Å². The molecule has 0 heterocycles. The number of hydrogen-bond acceptors (Lipinski definition) is 9. The highest BCUT2D eigenvalue weighted by Gasteiger charge is 2.27. The second kappa shape index (κ2) is 43.0. The molecule has 2 unspecified atom stereocenters. The van der Waals surface area contributed by atoms with E-state index in [-0.39, 0.29) is 19.4 Å². The van der Waals surface area contributed by atoms with Crippen molar-refractivity contribution in [2.24, 2.45) is 0 Å². The summed E-state index contributed by atoms with van der Waals surface area (Å²) in [7, 11) is -4.64. The predicted octanol–water partition coefficient (Wildman–Crippen LogP) is 12.0. The van der Waals surface area contributed by atoms with Gasteiger partial charge in [0.05, 0.1) is 19.8 Å². The Hall–Kier alpha value is -3.11. The first-order valence-corrected chi connectivity index (χ1v) is 23.8. The van der Waals surface area contributed by atoms with E-state index in [0.717, 1.165) is 44.9 Å². The van der Waals surface area contributed by atoms with E-state index in [9.17, 15) is 24.2 Å². The Morgan fingerprint density at radius 1 is 0.525 bits per heavy atom. The number of ether oxygens (including phenoxy) is 2. The molecule has 0 spiro atoms. The maximum Gasteiger partial charge on any atom is 0.472 e. The van der Waals surface area contributed by atoms with Crippen LogP contribution in [-0.4, -0.2) is 65.7 Å². The third kappa shape index (κ3) is 42.8. The lowest BCUT2D eigenvalue weighted by molar-refractivity contribution is -0.161. The molecule has 0 aliphatic carbocycles. The fourth-order valence-corrected chi connectivity index (χ4v) is 6.30. The number of allylic oxidation sites excluding steroid dienone is 16. The van der Waals surface area contributed by atoms with E-state index in [1.807, 2.05) is 54.7 Å². The van der Waals surface area contributed by atoms with Gasteiger partial charge in [-0.3, -0.25) is 18.6 Å². The lowest BCUT2D eigenvalue weighted by Gasteiger charge is -2.20. The van der Waals surface area contributed by atoms with E-state index in [1.165, 1.54) is 64.2 Å². The van der Waals surface area contributed by atoms with E-state index in [2.05, 4.69) is 60.9 Å². The minimum Gasteiger partial charge on any atom is -0.462 e. The molecule has 336 valence electrons. The molecule has 3 atom stereocenters. The van der Waals surface area contributed by atoms with Gasteiger partial charge in [0, 0.05) is 12.8 Å². The van der Waals surface area contributed by atoms with Crippen LogP contribution in [0.15, 0.2) is 97.2 Å². The largest absolute Gasteiger partial charge is 0.472 e. The van der Waals surface area contributed by atoms with Gasteiger partial charge in [0.25, 0.3) is 0 Å². The van der Waals surface area contributed by atoms with Crippen molar-refractivity contribution in [3.8, 4) is 0 Å². The fourth-order valence-electron chi connectivity index (χ4n) is 5.51. The van der Waals surface area contributed by atoms with E-state index >= 15 is 0 Å². The SMILES string of the molecule is CC/C=C/C=C/C=C/C=C/C=C/CCCC(=O)OC(COC(=O)CCCCCCCCCCCCCCC/C=C/C/C=C/C/C=C/CC)COP(=O)(O)OC[C@H](O)CO. The Morgan fingerprint density at radius 2 is 0.983 bits per heavy atom. The van der Waals surface area contributed by atoms with E-state index < -0.39 is 51.8 Å². The van der Waals surface area contributed by atoms with Crippen LogP contribution in [0.25, 0.3) is 0 Å². The number of phosphoric acid groups is 1. The number of carbonyl (C=O) groups excluding carboxylic acids is 2. The number of carbonyl (C=O) groups is 2. The molecule has 11 heteroatoms. The molecule has 0 fully saturated rings. The molecule has 0 aliphatic rings. The maximum absolute atomic E-state index is 12.6. The van der Waals surface area contributed by atoms with Crippen molar-refractivity contribution in [1.82, 2.24) is 0 Å². The van der Waals surface area contributed by atoms with Gasteiger partial charge in [0.2, 0.25) is 0 Å². The highest BCUT2D eigenvalue weighted by Crippen LogP contribution is 2.43. The number of phosphoric ester groups is 1. The third-order valence-corrected chi connectivity index (χ3v) is 9.81. The molecule has 0 radical (unpaired) electrons. The Labute approximate surface area is 357 Å². The van der Waals surface area contributed by atoms with Crippen molar-refractivity contribution in [3.63, 3.8) is 0 Å². The van der Waals surface area contributed by atoms with Crippen molar-refractivity contribution in [2.75, 3.05) is 26.4 Å². The Morgan fingerprint density at radius 3 is 1.56 bits per heavy atom. The van der Waals surface area contributed by atoms with Gasteiger partial charge in [-0.25, -0.2) is 4.57 Å². The zero-order valence-electron chi connectivity index (χ0n) is 36.4. The van der Waals surface area contributed by atoms with Crippen LogP contribution < -0.4 is 0 Å². The van der Waals surface area contributed by atoms with Crippen LogP contribution >= 0.6 is 7.82 Å². The van der Waals surface area contributed by atoms with Gasteiger partial charge in [0.15, 0.2) is 6.10 Å². The predicted molar refractivity (Wildman–Crippen MR) is 242 cm³/mol. The van der Waals surface area contributed by atoms with Crippen molar-refractivity contribution in [3.05, 3.63) is 97.2 Å². The summed E-state index contributed by atoms with van der Waals surface area (Å²) in [6.45, 7) is 2.02. The average Bonchev–Trinajstić information content (AvgIpc) is 3.22. The van der Waals surface area contributed by atoms with E-state index in [4.69, 9.17) is 19.1 Å². The van der Waals surface area contributed by atoms with Gasteiger partial charge < -0.3 is 24.6 Å². The lowest BCUT2D eigenvalue weighted by atomic mass is 10.0. The molecule has 0 aromatic carbocycles. The molecular formula is C48H79O10P. The third-order valence-electron chi connectivity index (χ3n) is 8.86. The number of esters is 2. The number of aliphatic hydroxyl groups excluding tert-OH is 2. The summed E-state index contributed by atoms with van der Waals surface area (Å²) >= 11 is 0. The van der Waals surface area contributed by atoms with Gasteiger partial charge in [-0.15, -0.1) is 0 Å². The fraction of sp³-hybridized carbons (Fsp3) is 0.625. The quantitative estimate of drug-likeness (QED) is 0.0179. The van der Waals surface area contributed by atoms with Crippen LogP contribution in [0.4, 0.5) is 0 Å². The van der Waals surface area contributed by atoms with E-state index in [1.54, 1.807) is 0 Å². The minimum atomic E-state index is -4.64. The first-order valence-electron chi connectivity index (χ1n) is 22.3. The molecule has 10 nitrogen and oxygen atoms in total. The summed E-state index contributed by atoms with van der Waals surface area (Å²) in [5.41, 5.74) is 0. The molecule has 0 saturated heterocycles. The van der Waals surface area contributed by atoms with Gasteiger partial charge in [-0.05, 0) is 57.8 Å². The number of aliphatic hydroxyl groups is 2. The Bertz CT molecular complexity index is 1300. The topological polar surface area (TPSA) is 149 Å². The second-order valence-corrected chi connectivity index (χ2v) is 15.9. The van der Waals surface area contributed by atoms with Gasteiger partial charge in [-0.2, -0.15) is 0 Å². The van der Waals surface area contributed by atoms with Crippen LogP contribution in [0.5, 0.6) is 0 Å². The summed E-state index contributed by atoms with van der Waals surface area (Å²) in [5.74, 6) is -1.02. The first kappa shape index (κ1) is 55.9. The molecule has 0 amide bonds. The van der Waals surface area contributed by atoms with Crippen LogP contribution in [0.2, 0.25) is 0 Å². The Kier molecular flexibility index (Phi) is 40.7. The highest BCUT2D eigenvalue weighted by molar-refractivity contribution is 7.47. The monoisotopic (exact) mass is 847 g/mol. The maximum atomic E-state index is 12.6. The zero-order valence-corrected chi connectivity index (χ0v) is 37.3. The summed E-state index contributed by atoms with van der Waals surface area (Å²) in [4.78, 5) is 35.0. The number of hydrogen-bond donors (Lipinski definition) is 3. The van der Waals surface area contributed by atoms with Crippen molar-refractivity contribution in [2.45, 2.75) is 167 Å². The van der Waals surface area contributed by atoms with Crippen LogP contribution in [-0.2, 0) is 32.7 Å². The molecule has 0 bridgehead atoms. The number of rotatable bonds is 40. The van der Waals surface area contributed by atoms with Gasteiger partial charge in [-0.1, -0.05) is 182 Å². The molecule has 0 aromatic rings. The average molecular weight is 847 g/mol. The smallest absolute Gasteiger partial charge is 0.462 e. The van der Waals surface area contributed by atoms with Gasteiger partial charge >= 0.3 is 19.8 Å². The molecule has 0 aliphatic heterocycles. The lowest BCUT2D eigenvalue weighted by Crippen LogP contribution is -2.29. The zero-order chi connectivity index (χ0) is 43.3. The van der Waals surface area contributed by atoms with Crippen LogP contribution in [0.1, 0.15) is 155 Å². The molecule has 3 N–H and O–H groups in total. The van der Waals surface area contributed by atoms with Crippen molar-refractivity contribution < 1.29 is 47.8 Å². The van der Waals surface area contributed by atoms with Crippen LogP contribution in [0, 0.1) is 0 Å². The van der Waals surface area contributed by atoms with Crippen molar-refractivity contribution >= 4 is 19.8 Å². The molecule has 0 rings (SSSR count). The molecule has 0 saturated carbocycles. The summed E-state index contributed by atoms with van der Waals surface area (Å²) in [5, 5.41) is 18.3.